The lowest BCUT2D eigenvalue weighted by Gasteiger charge is -2.15. The minimum atomic E-state index is -0.383. The minimum Gasteiger partial charge on any atom is -0.497 e. The molecule has 5 nitrogen and oxygen atoms in total. The SMILES string of the molecule is COc1ccc(C#N)c(NC(C)CC(N)=O)c1. The average molecular weight is 233 g/mol. The predicted octanol–water partition coefficient (Wildman–Crippen LogP) is 1.24. The number of hydrogen-bond acceptors (Lipinski definition) is 4. The predicted molar refractivity (Wildman–Crippen MR) is 64.6 cm³/mol. The van der Waals surface area contributed by atoms with Crippen LogP contribution in [0.5, 0.6) is 5.75 Å². The first kappa shape index (κ1) is 12.8. The van der Waals surface area contributed by atoms with E-state index in [1.165, 1.54) is 0 Å². The van der Waals surface area contributed by atoms with Gasteiger partial charge in [0.15, 0.2) is 0 Å². The van der Waals surface area contributed by atoms with E-state index in [1.807, 2.05) is 6.92 Å². The second-order valence-corrected chi connectivity index (χ2v) is 3.74. The molecule has 5 heteroatoms. The normalized spacial score (nSPS) is 11.4. The molecule has 1 unspecified atom stereocenters. The van der Waals surface area contributed by atoms with Crippen LogP contribution in [-0.2, 0) is 4.79 Å². The van der Waals surface area contributed by atoms with Crippen LogP contribution >= 0.6 is 0 Å². The molecular formula is C12H15N3O2. The fraction of sp³-hybridized carbons (Fsp3) is 0.333. The third-order valence-corrected chi connectivity index (χ3v) is 2.26. The number of nitrogens with two attached hydrogens (primary N) is 1. The van der Waals surface area contributed by atoms with Gasteiger partial charge in [-0.15, -0.1) is 0 Å². The summed E-state index contributed by atoms with van der Waals surface area (Å²) in [4.78, 5) is 10.8. The molecule has 0 saturated heterocycles. The van der Waals surface area contributed by atoms with Crippen LogP contribution in [0.1, 0.15) is 18.9 Å². The van der Waals surface area contributed by atoms with Crippen molar-refractivity contribution >= 4 is 11.6 Å². The standard InChI is InChI=1S/C12H15N3O2/c1-8(5-12(14)16)15-11-6-10(17-2)4-3-9(11)7-13/h3-4,6,8,15H,5H2,1-2H3,(H2,14,16). The number of ether oxygens (including phenoxy) is 1. The van der Waals surface area contributed by atoms with Crippen molar-refractivity contribution in [1.29, 1.82) is 5.26 Å². The first-order valence-corrected chi connectivity index (χ1v) is 5.19. The van der Waals surface area contributed by atoms with E-state index in [0.29, 0.717) is 17.0 Å². The van der Waals surface area contributed by atoms with E-state index in [0.717, 1.165) is 0 Å². The molecule has 0 heterocycles. The molecule has 0 aromatic heterocycles. The van der Waals surface area contributed by atoms with E-state index in [1.54, 1.807) is 25.3 Å². The molecule has 0 aliphatic carbocycles. The Labute approximate surface area is 100 Å². The highest BCUT2D eigenvalue weighted by atomic mass is 16.5. The Hall–Kier alpha value is -2.22. The maximum Gasteiger partial charge on any atom is 0.219 e. The number of amides is 1. The van der Waals surface area contributed by atoms with Crippen molar-refractivity contribution in [3.05, 3.63) is 23.8 Å². The van der Waals surface area contributed by atoms with Crippen molar-refractivity contribution in [3.63, 3.8) is 0 Å². The fourth-order valence-corrected chi connectivity index (χ4v) is 1.49. The lowest BCUT2D eigenvalue weighted by Crippen LogP contribution is -2.24. The molecule has 90 valence electrons. The van der Waals surface area contributed by atoms with Crippen molar-refractivity contribution in [2.45, 2.75) is 19.4 Å². The first-order valence-electron chi connectivity index (χ1n) is 5.19. The van der Waals surface area contributed by atoms with Gasteiger partial charge >= 0.3 is 0 Å². The van der Waals surface area contributed by atoms with Gasteiger partial charge < -0.3 is 15.8 Å². The molecule has 0 bridgehead atoms. The van der Waals surface area contributed by atoms with Crippen molar-refractivity contribution in [2.75, 3.05) is 12.4 Å². The van der Waals surface area contributed by atoms with Gasteiger partial charge in [0.05, 0.1) is 18.4 Å². The van der Waals surface area contributed by atoms with Crippen LogP contribution in [0.15, 0.2) is 18.2 Å². The van der Waals surface area contributed by atoms with Crippen LogP contribution in [0.3, 0.4) is 0 Å². The number of nitriles is 1. The topological polar surface area (TPSA) is 88.1 Å². The Kier molecular flexibility index (Phi) is 4.35. The highest BCUT2D eigenvalue weighted by molar-refractivity contribution is 5.75. The molecule has 0 aliphatic rings. The zero-order chi connectivity index (χ0) is 12.8. The summed E-state index contributed by atoms with van der Waals surface area (Å²) in [5.41, 5.74) is 6.25. The van der Waals surface area contributed by atoms with E-state index in [9.17, 15) is 4.79 Å². The van der Waals surface area contributed by atoms with Crippen molar-refractivity contribution in [3.8, 4) is 11.8 Å². The van der Waals surface area contributed by atoms with Gasteiger partial charge in [-0.1, -0.05) is 0 Å². The van der Waals surface area contributed by atoms with Gasteiger partial charge in [-0.2, -0.15) is 5.26 Å². The molecule has 1 aromatic carbocycles. The summed E-state index contributed by atoms with van der Waals surface area (Å²) >= 11 is 0. The number of carbonyl (C=O) groups is 1. The molecule has 0 saturated carbocycles. The summed E-state index contributed by atoms with van der Waals surface area (Å²) in [6.45, 7) is 1.82. The summed E-state index contributed by atoms with van der Waals surface area (Å²) < 4.78 is 5.08. The van der Waals surface area contributed by atoms with Crippen molar-refractivity contribution in [1.82, 2.24) is 0 Å². The smallest absolute Gasteiger partial charge is 0.219 e. The zero-order valence-electron chi connectivity index (χ0n) is 9.86. The van der Waals surface area contributed by atoms with Gasteiger partial charge in [0.2, 0.25) is 5.91 Å². The number of carbonyl (C=O) groups excluding carboxylic acids is 1. The van der Waals surface area contributed by atoms with Crippen LogP contribution in [0.25, 0.3) is 0 Å². The lowest BCUT2D eigenvalue weighted by molar-refractivity contribution is -0.118. The second kappa shape index (κ2) is 5.75. The van der Waals surface area contributed by atoms with Gasteiger partial charge in [-0.05, 0) is 19.1 Å². The Morgan fingerprint density at radius 3 is 2.88 bits per heavy atom. The number of nitrogens with one attached hydrogen (secondary N) is 1. The fourth-order valence-electron chi connectivity index (χ4n) is 1.49. The molecule has 0 fully saturated rings. The summed E-state index contributed by atoms with van der Waals surface area (Å²) in [5.74, 6) is 0.268. The van der Waals surface area contributed by atoms with Gasteiger partial charge in [0.25, 0.3) is 0 Å². The van der Waals surface area contributed by atoms with E-state index >= 15 is 0 Å². The lowest BCUT2D eigenvalue weighted by atomic mass is 10.1. The van der Waals surface area contributed by atoms with Gasteiger partial charge in [0.1, 0.15) is 11.8 Å². The second-order valence-electron chi connectivity index (χ2n) is 3.74. The quantitative estimate of drug-likeness (QED) is 0.800. The van der Waals surface area contributed by atoms with E-state index in [-0.39, 0.29) is 18.4 Å². The minimum absolute atomic E-state index is 0.133. The van der Waals surface area contributed by atoms with Crippen LogP contribution in [0.2, 0.25) is 0 Å². The summed E-state index contributed by atoms with van der Waals surface area (Å²) in [6.07, 6.45) is 0.210. The number of rotatable bonds is 5. The molecule has 1 atom stereocenters. The Bertz CT molecular complexity index is 452. The maximum absolute atomic E-state index is 10.8. The Morgan fingerprint density at radius 2 is 2.35 bits per heavy atom. The molecule has 17 heavy (non-hydrogen) atoms. The van der Waals surface area contributed by atoms with Gasteiger partial charge in [-0.3, -0.25) is 4.79 Å². The maximum atomic E-state index is 10.8. The molecule has 0 radical (unpaired) electrons. The van der Waals surface area contributed by atoms with Crippen molar-refractivity contribution < 1.29 is 9.53 Å². The summed E-state index contributed by atoms with van der Waals surface area (Å²) in [6, 6.07) is 7.03. The number of methoxy groups -OCH3 is 1. The van der Waals surface area contributed by atoms with E-state index in [2.05, 4.69) is 11.4 Å². The number of benzene rings is 1. The number of hydrogen-bond donors (Lipinski definition) is 2. The molecule has 1 rings (SSSR count). The Morgan fingerprint density at radius 1 is 1.65 bits per heavy atom. The van der Waals surface area contributed by atoms with Crippen LogP contribution in [0.4, 0.5) is 5.69 Å². The molecule has 0 spiro atoms. The van der Waals surface area contributed by atoms with Crippen LogP contribution in [-0.4, -0.2) is 19.1 Å². The molecular weight excluding hydrogens is 218 g/mol. The third-order valence-electron chi connectivity index (χ3n) is 2.26. The monoisotopic (exact) mass is 233 g/mol. The zero-order valence-corrected chi connectivity index (χ0v) is 9.86. The number of anilines is 1. The first-order chi connectivity index (χ1) is 8.06. The van der Waals surface area contributed by atoms with Crippen molar-refractivity contribution in [2.24, 2.45) is 5.73 Å². The average Bonchev–Trinajstić information content (AvgIpc) is 2.27. The number of primary amides is 1. The largest absolute Gasteiger partial charge is 0.497 e. The molecule has 3 N–H and O–H groups in total. The van der Waals surface area contributed by atoms with Crippen LogP contribution < -0.4 is 15.8 Å². The third kappa shape index (κ3) is 3.68. The Balaban J connectivity index is 2.88. The van der Waals surface area contributed by atoms with E-state index in [4.69, 9.17) is 15.7 Å². The highest BCUT2D eigenvalue weighted by Gasteiger charge is 2.09. The summed E-state index contributed by atoms with van der Waals surface area (Å²) in [7, 11) is 1.55. The summed E-state index contributed by atoms with van der Waals surface area (Å²) in [5, 5.41) is 12.0. The van der Waals surface area contributed by atoms with Gasteiger partial charge in [-0.25, -0.2) is 0 Å². The molecule has 0 aliphatic heterocycles. The highest BCUT2D eigenvalue weighted by Crippen LogP contribution is 2.22. The number of nitrogens with zero attached hydrogens (tertiary/aromatic N) is 1. The van der Waals surface area contributed by atoms with Gasteiger partial charge in [0, 0.05) is 18.5 Å². The molecule has 1 amide bonds. The molecule has 1 aromatic rings. The van der Waals surface area contributed by atoms with E-state index < -0.39 is 0 Å². The van der Waals surface area contributed by atoms with Crippen LogP contribution in [0, 0.1) is 11.3 Å².